The molecule has 3 nitrogen and oxygen atoms in total. The third-order valence-electron chi connectivity index (χ3n) is 5.55. The molecule has 2 aromatic carbocycles. The van der Waals surface area contributed by atoms with Crippen molar-refractivity contribution in [2.75, 3.05) is 12.3 Å². The molecule has 0 N–H and O–H groups in total. The first kappa shape index (κ1) is 18.4. The number of para-hydroxylation sites is 1. The molecule has 1 saturated heterocycles. The number of carbonyl (C=O) groups excluding carboxylic acids is 1. The average molecular weight is 382 g/mol. The first-order chi connectivity index (χ1) is 13.3. The Bertz CT molecular complexity index is 758. The lowest BCUT2D eigenvalue weighted by Crippen LogP contribution is -2.36. The van der Waals surface area contributed by atoms with E-state index in [2.05, 4.69) is 23.1 Å². The van der Waals surface area contributed by atoms with Crippen LogP contribution in [0.25, 0.3) is 0 Å². The van der Waals surface area contributed by atoms with Gasteiger partial charge in [-0.05, 0) is 24.5 Å². The van der Waals surface area contributed by atoms with Crippen LogP contribution in [0.5, 0.6) is 5.75 Å². The molecule has 2 aliphatic rings. The molecule has 142 valence electrons. The molecule has 4 heteroatoms. The lowest BCUT2D eigenvalue weighted by atomic mass is 9.88. The Morgan fingerprint density at radius 2 is 1.74 bits per heavy atom. The van der Waals surface area contributed by atoms with Crippen LogP contribution < -0.4 is 4.74 Å². The van der Waals surface area contributed by atoms with Crippen molar-refractivity contribution in [3.05, 3.63) is 65.7 Å². The normalized spacial score (nSPS) is 20.6. The van der Waals surface area contributed by atoms with E-state index in [4.69, 9.17) is 4.74 Å². The van der Waals surface area contributed by atoms with E-state index in [0.717, 1.165) is 42.0 Å². The quantitative estimate of drug-likeness (QED) is 0.692. The number of amides is 1. The van der Waals surface area contributed by atoms with Crippen molar-refractivity contribution >= 4 is 17.7 Å². The van der Waals surface area contributed by atoms with Crippen LogP contribution in [-0.2, 0) is 11.4 Å². The van der Waals surface area contributed by atoms with Crippen molar-refractivity contribution < 1.29 is 9.53 Å². The van der Waals surface area contributed by atoms with Gasteiger partial charge in [-0.1, -0.05) is 67.8 Å². The number of ether oxygens (including phenoxy) is 1. The number of rotatable bonds is 5. The molecule has 4 rings (SSSR count). The zero-order valence-corrected chi connectivity index (χ0v) is 16.5. The fourth-order valence-corrected chi connectivity index (χ4v) is 5.38. The molecule has 1 heterocycles. The molecule has 0 spiro atoms. The molecular weight excluding hydrogens is 354 g/mol. The van der Waals surface area contributed by atoms with Gasteiger partial charge in [-0.3, -0.25) is 4.79 Å². The van der Waals surface area contributed by atoms with E-state index in [1.54, 1.807) is 0 Å². The molecule has 1 saturated carbocycles. The lowest BCUT2D eigenvalue weighted by molar-refractivity contribution is -0.136. The maximum Gasteiger partial charge on any atom is 0.226 e. The summed E-state index contributed by atoms with van der Waals surface area (Å²) in [6.07, 6.45) is 5.77. The maximum atomic E-state index is 13.1. The highest BCUT2D eigenvalue weighted by Gasteiger charge is 2.36. The number of thioether (sulfide) groups is 1. The van der Waals surface area contributed by atoms with Gasteiger partial charge >= 0.3 is 0 Å². The van der Waals surface area contributed by atoms with Crippen molar-refractivity contribution in [2.45, 2.75) is 44.1 Å². The highest BCUT2D eigenvalue weighted by Crippen LogP contribution is 2.43. The summed E-state index contributed by atoms with van der Waals surface area (Å²) >= 11 is 1.86. The highest BCUT2D eigenvalue weighted by molar-refractivity contribution is 7.99. The predicted molar refractivity (Wildman–Crippen MR) is 111 cm³/mol. The van der Waals surface area contributed by atoms with Gasteiger partial charge in [-0.2, -0.15) is 0 Å². The lowest BCUT2D eigenvalue weighted by Gasteiger charge is -2.30. The monoisotopic (exact) mass is 381 g/mol. The van der Waals surface area contributed by atoms with E-state index < -0.39 is 0 Å². The van der Waals surface area contributed by atoms with E-state index in [-0.39, 0.29) is 11.3 Å². The van der Waals surface area contributed by atoms with Crippen molar-refractivity contribution in [3.63, 3.8) is 0 Å². The van der Waals surface area contributed by atoms with Crippen LogP contribution in [0.15, 0.2) is 54.6 Å². The van der Waals surface area contributed by atoms with E-state index >= 15 is 0 Å². The minimum atomic E-state index is 0.0754. The average Bonchev–Trinajstić information content (AvgIpc) is 3.23. The second kappa shape index (κ2) is 8.83. The van der Waals surface area contributed by atoms with Crippen LogP contribution in [0.3, 0.4) is 0 Å². The van der Waals surface area contributed by atoms with Gasteiger partial charge in [0.05, 0.1) is 0 Å². The Labute approximate surface area is 166 Å². The molecule has 0 bridgehead atoms. The number of hydrogen-bond donors (Lipinski definition) is 0. The number of carbonyl (C=O) groups is 1. The summed E-state index contributed by atoms with van der Waals surface area (Å²) in [5, 5.41) is 0.0754. The molecular formula is C23H27NO2S. The molecule has 0 aromatic heterocycles. The Kier molecular flexibility index (Phi) is 6.03. The van der Waals surface area contributed by atoms with E-state index in [9.17, 15) is 4.79 Å². The van der Waals surface area contributed by atoms with Crippen molar-refractivity contribution in [2.24, 2.45) is 5.92 Å². The summed E-state index contributed by atoms with van der Waals surface area (Å²) in [4.78, 5) is 15.2. The second-order valence-electron chi connectivity index (χ2n) is 7.40. The van der Waals surface area contributed by atoms with E-state index in [1.807, 2.05) is 48.2 Å². The molecule has 1 aliphatic carbocycles. The summed E-state index contributed by atoms with van der Waals surface area (Å²) in [5.41, 5.74) is 2.28. The standard InChI is InChI=1S/C23H27NO2S/c25-22(19-11-5-2-6-12-19)24-15-16-27-23(24)20-13-7-8-14-21(20)26-17-18-9-3-1-4-10-18/h1,3-4,7-10,13-14,19,23H,2,5-6,11-12,15-17H2/t23-/m0/s1. The van der Waals surface area contributed by atoms with Crippen molar-refractivity contribution in [3.8, 4) is 5.75 Å². The van der Waals surface area contributed by atoms with Crippen LogP contribution in [0.2, 0.25) is 0 Å². The topological polar surface area (TPSA) is 29.5 Å². The van der Waals surface area contributed by atoms with Gasteiger partial charge in [-0.25, -0.2) is 0 Å². The van der Waals surface area contributed by atoms with E-state index in [1.165, 1.54) is 19.3 Å². The van der Waals surface area contributed by atoms with Gasteiger partial charge in [0.2, 0.25) is 5.91 Å². The molecule has 1 aliphatic heterocycles. The predicted octanol–water partition coefficient (Wildman–Crippen LogP) is 5.42. The largest absolute Gasteiger partial charge is 0.489 e. The van der Waals surface area contributed by atoms with Gasteiger partial charge in [0, 0.05) is 23.8 Å². The molecule has 2 fully saturated rings. The zero-order valence-electron chi connectivity index (χ0n) is 15.7. The van der Waals surface area contributed by atoms with Crippen LogP contribution in [0.4, 0.5) is 0 Å². The summed E-state index contributed by atoms with van der Waals surface area (Å²) in [5.74, 6) is 2.46. The molecule has 0 unspecified atom stereocenters. The van der Waals surface area contributed by atoms with Gasteiger partial charge in [0.1, 0.15) is 17.7 Å². The summed E-state index contributed by atoms with van der Waals surface area (Å²) < 4.78 is 6.16. The fourth-order valence-electron chi connectivity index (χ4n) is 4.09. The first-order valence-corrected chi connectivity index (χ1v) is 11.1. The van der Waals surface area contributed by atoms with Gasteiger partial charge in [0.15, 0.2) is 0 Å². The Morgan fingerprint density at radius 3 is 2.56 bits per heavy atom. The van der Waals surface area contributed by atoms with E-state index in [0.29, 0.717) is 12.5 Å². The smallest absolute Gasteiger partial charge is 0.226 e. The SMILES string of the molecule is O=C(C1CCCCC1)N1CCS[C@H]1c1ccccc1OCc1ccccc1. The Hall–Kier alpha value is -1.94. The number of hydrogen-bond acceptors (Lipinski definition) is 3. The molecule has 1 atom stereocenters. The Balaban J connectivity index is 1.50. The first-order valence-electron chi connectivity index (χ1n) is 10.0. The molecule has 1 amide bonds. The molecule has 27 heavy (non-hydrogen) atoms. The van der Waals surface area contributed by atoms with Crippen molar-refractivity contribution in [1.29, 1.82) is 0 Å². The fraction of sp³-hybridized carbons (Fsp3) is 0.435. The summed E-state index contributed by atoms with van der Waals surface area (Å²) in [6, 6.07) is 18.4. The molecule has 0 radical (unpaired) electrons. The number of benzene rings is 2. The van der Waals surface area contributed by atoms with Gasteiger partial charge in [-0.15, -0.1) is 11.8 Å². The molecule has 2 aromatic rings. The van der Waals surface area contributed by atoms with Crippen LogP contribution in [-0.4, -0.2) is 23.1 Å². The third kappa shape index (κ3) is 4.32. The second-order valence-corrected chi connectivity index (χ2v) is 8.59. The van der Waals surface area contributed by atoms with Gasteiger partial charge < -0.3 is 9.64 Å². The number of nitrogens with zero attached hydrogens (tertiary/aromatic N) is 1. The highest BCUT2D eigenvalue weighted by atomic mass is 32.2. The summed E-state index contributed by atoms with van der Waals surface area (Å²) in [7, 11) is 0. The minimum absolute atomic E-state index is 0.0754. The van der Waals surface area contributed by atoms with Crippen LogP contribution in [0.1, 0.15) is 48.6 Å². The Morgan fingerprint density at radius 1 is 1.00 bits per heavy atom. The minimum Gasteiger partial charge on any atom is -0.489 e. The maximum absolute atomic E-state index is 13.1. The summed E-state index contributed by atoms with van der Waals surface area (Å²) in [6.45, 7) is 1.39. The zero-order chi connectivity index (χ0) is 18.5. The van der Waals surface area contributed by atoms with Crippen LogP contribution in [0, 0.1) is 5.92 Å². The van der Waals surface area contributed by atoms with Crippen LogP contribution >= 0.6 is 11.8 Å². The third-order valence-corrected chi connectivity index (χ3v) is 6.79. The van der Waals surface area contributed by atoms with Crippen molar-refractivity contribution in [1.82, 2.24) is 4.90 Å². The van der Waals surface area contributed by atoms with Gasteiger partial charge in [0.25, 0.3) is 0 Å².